The quantitative estimate of drug-likeness (QED) is 0.493. The lowest BCUT2D eigenvalue weighted by molar-refractivity contribution is 0.172. The van der Waals surface area contributed by atoms with Gasteiger partial charge in [-0.3, -0.25) is 0 Å². The molecule has 0 bridgehead atoms. The predicted molar refractivity (Wildman–Crippen MR) is 122 cm³/mol. The van der Waals surface area contributed by atoms with Gasteiger partial charge in [-0.15, -0.1) is 0 Å². The zero-order valence-electron chi connectivity index (χ0n) is 18.2. The lowest BCUT2D eigenvalue weighted by Gasteiger charge is -2.31. The van der Waals surface area contributed by atoms with Gasteiger partial charge in [0.2, 0.25) is 0 Å². The molecular weight excluding hydrogens is 344 g/mol. The molecule has 2 aromatic heterocycles. The van der Waals surface area contributed by atoms with Crippen LogP contribution in [0.25, 0.3) is 21.8 Å². The molecule has 0 radical (unpaired) electrons. The number of nitrogen functional groups attached to an aromatic ring is 1. The van der Waals surface area contributed by atoms with Gasteiger partial charge in [0.1, 0.15) is 5.82 Å². The van der Waals surface area contributed by atoms with E-state index in [1.165, 1.54) is 35.9 Å². The Hall–Kier alpha value is -2.07. The van der Waals surface area contributed by atoms with Crippen LogP contribution in [0.2, 0.25) is 0 Å². The van der Waals surface area contributed by atoms with E-state index in [9.17, 15) is 0 Å². The summed E-state index contributed by atoms with van der Waals surface area (Å²) in [6, 6.07) is 8.79. The van der Waals surface area contributed by atoms with Crippen molar-refractivity contribution < 1.29 is 0 Å². The van der Waals surface area contributed by atoms with Crippen molar-refractivity contribution in [1.82, 2.24) is 14.9 Å². The minimum atomic E-state index is 0.255. The summed E-state index contributed by atoms with van der Waals surface area (Å²) in [7, 11) is 2.22. The molecule has 2 heterocycles. The van der Waals surface area contributed by atoms with E-state index >= 15 is 0 Å². The number of hydrogen-bond acceptors (Lipinski definition) is 3. The number of unbranched alkanes of at least 4 members (excludes halogenated alkanes) is 2. The van der Waals surface area contributed by atoms with E-state index in [1.807, 2.05) is 0 Å². The first-order chi connectivity index (χ1) is 13.3. The van der Waals surface area contributed by atoms with E-state index in [2.05, 4.69) is 73.9 Å². The monoisotopic (exact) mass is 380 g/mol. The molecule has 152 valence electrons. The molecule has 0 fully saturated rings. The average molecular weight is 381 g/mol. The summed E-state index contributed by atoms with van der Waals surface area (Å²) in [6.07, 6.45) is 7.01. The number of pyridine rings is 1. The van der Waals surface area contributed by atoms with E-state index in [-0.39, 0.29) is 5.54 Å². The van der Waals surface area contributed by atoms with Crippen LogP contribution >= 0.6 is 0 Å². The lowest BCUT2D eigenvalue weighted by Crippen LogP contribution is -2.38. The Morgan fingerprint density at radius 3 is 2.54 bits per heavy atom. The summed E-state index contributed by atoms with van der Waals surface area (Å²) in [5, 5.41) is 2.25. The Kier molecular flexibility index (Phi) is 6.29. The molecule has 0 aliphatic rings. The molecule has 3 aromatic rings. The van der Waals surface area contributed by atoms with Crippen molar-refractivity contribution in [2.45, 2.75) is 71.8 Å². The molecule has 1 aromatic carbocycles. The van der Waals surface area contributed by atoms with E-state index in [1.54, 1.807) is 0 Å². The van der Waals surface area contributed by atoms with Gasteiger partial charge in [-0.25, -0.2) is 4.98 Å². The molecule has 3 N–H and O–H groups in total. The molecule has 0 atom stereocenters. The molecule has 0 saturated carbocycles. The van der Waals surface area contributed by atoms with Gasteiger partial charge in [0, 0.05) is 22.0 Å². The molecule has 3 rings (SSSR count). The van der Waals surface area contributed by atoms with Crippen LogP contribution in [0, 0.1) is 0 Å². The highest BCUT2D eigenvalue weighted by Crippen LogP contribution is 2.29. The number of aryl methyl sites for hydroxylation is 2. The van der Waals surface area contributed by atoms with E-state index in [0.717, 1.165) is 42.2 Å². The summed E-state index contributed by atoms with van der Waals surface area (Å²) < 4.78 is 0. The molecule has 0 unspecified atom stereocenters. The van der Waals surface area contributed by atoms with Crippen molar-refractivity contribution in [1.29, 1.82) is 0 Å². The van der Waals surface area contributed by atoms with Crippen LogP contribution in [-0.4, -0.2) is 34.0 Å². The minimum Gasteiger partial charge on any atom is -0.383 e. The number of H-pyrrole nitrogens is 1. The Bertz CT molecular complexity index is 933. The molecule has 0 amide bonds. The summed E-state index contributed by atoms with van der Waals surface area (Å²) in [4.78, 5) is 10.6. The largest absolute Gasteiger partial charge is 0.383 e. The van der Waals surface area contributed by atoms with Gasteiger partial charge in [-0.05, 0) is 83.8 Å². The first-order valence-corrected chi connectivity index (χ1v) is 10.7. The molecular formula is C24H36N4. The molecule has 0 aliphatic heterocycles. The third-order valence-corrected chi connectivity index (χ3v) is 5.84. The van der Waals surface area contributed by atoms with Crippen molar-refractivity contribution in [3.8, 4) is 0 Å². The number of rotatable bonds is 8. The topological polar surface area (TPSA) is 57.9 Å². The number of nitrogens with zero attached hydrogens (tertiary/aromatic N) is 2. The van der Waals surface area contributed by atoms with Gasteiger partial charge >= 0.3 is 0 Å². The van der Waals surface area contributed by atoms with Gasteiger partial charge < -0.3 is 15.6 Å². The molecule has 0 spiro atoms. The minimum absolute atomic E-state index is 0.255. The number of aromatic nitrogens is 2. The fourth-order valence-corrected chi connectivity index (χ4v) is 3.75. The predicted octanol–water partition coefficient (Wildman–Crippen LogP) is 5.69. The number of nitrogens with one attached hydrogen (secondary N) is 1. The van der Waals surface area contributed by atoms with Gasteiger partial charge in [-0.2, -0.15) is 0 Å². The van der Waals surface area contributed by atoms with Crippen LogP contribution in [0.3, 0.4) is 0 Å². The summed E-state index contributed by atoms with van der Waals surface area (Å²) in [5.41, 5.74) is 11.2. The first kappa shape index (κ1) is 20.7. The molecule has 28 heavy (non-hydrogen) atoms. The smallest absolute Gasteiger partial charge is 0.133 e. The fraction of sp³-hybridized carbons (Fsp3) is 0.542. The summed E-state index contributed by atoms with van der Waals surface area (Å²) in [5.74, 6) is 0.622. The Labute approximate surface area is 169 Å². The van der Waals surface area contributed by atoms with E-state index < -0.39 is 0 Å². The number of fused-ring (bicyclic) bond motifs is 3. The number of anilines is 1. The van der Waals surface area contributed by atoms with E-state index in [0.29, 0.717) is 5.82 Å². The lowest BCUT2D eigenvalue weighted by atomic mass is 10.0. The highest BCUT2D eigenvalue weighted by molar-refractivity contribution is 6.08. The molecule has 4 nitrogen and oxygen atoms in total. The zero-order chi connectivity index (χ0) is 20.3. The van der Waals surface area contributed by atoms with Crippen LogP contribution in [0.15, 0.2) is 24.3 Å². The highest BCUT2D eigenvalue weighted by Gasteiger charge is 2.15. The SMILES string of the molecule is CCCc1cc2c(N)nc3ccc(CCCCCN(C)C(C)(C)C)cc3c2[nH]1. The van der Waals surface area contributed by atoms with Gasteiger partial charge in [-0.1, -0.05) is 25.8 Å². The third-order valence-electron chi connectivity index (χ3n) is 5.84. The standard InChI is InChI=1S/C24H36N4/c1-6-10-18-16-20-22(26-18)19-15-17(12-13-21(19)27-23(20)25)11-8-7-9-14-28(5)24(2,3)4/h12-13,15-16,26H,6-11,14H2,1-5H3,(H2,25,27). The van der Waals surface area contributed by atoms with Crippen LogP contribution in [-0.2, 0) is 12.8 Å². The maximum Gasteiger partial charge on any atom is 0.133 e. The second kappa shape index (κ2) is 8.52. The Morgan fingerprint density at radius 2 is 1.82 bits per heavy atom. The second-order valence-electron chi connectivity index (χ2n) is 9.08. The molecule has 0 saturated heterocycles. The highest BCUT2D eigenvalue weighted by atomic mass is 15.1. The Balaban J connectivity index is 1.69. The number of nitrogens with two attached hydrogens (primary N) is 1. The van der Waals surface area contributed by atoms with Crippen molar-refractivity contribution in [2.75, 3.05) is 19.3 Å². The van der Waals surface area contributed by atoms with Gasteiger partial charge in [0.25, 0.3) is 0 Å². The van der Waals surface area contributed by atoms with Crippen LogP contribution in [0.4, 0.5) is 5.82 Å². The van der Waals surface area contributed by atoms with Gasteiger partial charge in [0.15, 0.2) is 0 Å². The maximum atomic E-state index is 6.20. The fourth-order valence-electron chi connectivity index (χ4n) is 3.75. The Morgan fingerprint density at radius 1 is 1.04 bits per heavy atom. The third kappa shape index (κ3) is 4.67. The van der Waals surface area contributed by atoms with Crippen molar-refractivity contribution in [3.63, 3.8) is 0 Å². The molecule has 0 aliphatic carbocycles. The van der Waals surface area contributed by atoms with Crippen LogP contribution in [0.1, 0.15) is 64.6 Å². The summed E-state index contributed by atoms with van der Waals surface area (Å²) >= 11 is 0. The normalized spacial score (nSPS) is 12.5. The van der Waals surface area contributed by atoms with E-state index in [4.69, 9.17) is 5.73 Å². The second-order valence-corrected chi connectivity index (χ2v) is 9.08. The van der Waals surface area contributed by atoms with Crippen LogP contribution in [0.5, 0.6) is 0 Å². The summed E-state index contributed by atoms with van der Waals surface area (Å²) in [6.45, 7) is 10.2. The molecule has 4 heteroatoms. The van der Waals surface area contributed by atoms with Crippen molar-refractivity contribution >= 4 is 27.6 Å². The number of aromatic amines is 1. The first-order valence-electron chi connectivity index (χ1n) is 10.7. The zero-order valence-corrected chi connectivity index (χ0v) is 18.2. The van der Waals surface area contributed by atoms with Crippen molar-refractivity contribution in [2.24, 2.45) is 0 Å². The average Bonchev–Trinajstić information content (AvgIpc) is 3.06. The maximum absolute atomic E-state index is 6.20. The van der Waals surface area contributed by atoms with Gasteiger partial charge in [0.05, 0.1) is 11.0 Å². The number of hydrogen-bond donors (Lipinski definition) is 2. The number of benzene rings is 1. The van der Waals surface area contributed by atoms with Crippen molar-refractivity contribution in [3.05, 3.63) is 35.5 Å². The van der Waals surface area contributed by atoms with Crippen LogP contribution < -0.4 is 5.73 Å².